The molecule has 0 bridgehead atoms. The monoisotopic (exact) mass is 282 g/mol. The lowest BCUT2D eigenvalue weighted by Crippen LogP contribution is -2.55. The fourth-order valence-corrected chi connectivity index (χ4v) is 4.16. The highest BCUT2D eigenvalue weighted by atomic mass is 16.5. The zero-order valence-electron chi connectivity index (χ0n) is 13.6. The molecule has 2 aliphatic rings. The van der Waals surface area contributed by atoms with Gasteiger partial charge in [0.1, 0.15) is 0 Å². The number of nitrogens with zero attached hydrogens (tertiary/aromatic N) is 1. The van der Waals surface area contributed by atoms with E-state index in [2.05, 4.69) is 18.9 Å². The smallest absolute Gasteiger partial charge is 0.0469 e. The van der Waals surface area contributed by atoms with Crippen LogP contribution in [0.1, 0.15) is 58.3 Å². The number of nitrogens with two attached hydrogens (primary N) is 1. The third-order valence-corrected chi connectivity index (χ3v) is 5.80. The zero-order valence-corrected chi connectivity index (χ0v) is 13.6. The SMILES string of the molecule is CCCC1CCC(CN)(N(C)CC2CCOCC2)CC1. The summed E-state index contributed by atoms with van der Waals surface area (Å²) in [5, 5.41) is 0. The Morgan fingerprint density at radius 1 is 1.10 bits per heavy atom. The molecule has 0 aromatic heterocycles. The minimum absolute atomic E-state index is 0.280. The normalized spacial score (nSPS) is 32.7. The van der Waals surface area contributed by atoms with Gasteiger partial charge in [-0.1, -0.05) is 19.8 Å². The Hall–Kier alpha value is -0.120. The van der Waals surface area contributed by atoms with Gasteiger partial charge in [0.05, 0.1) is 0 Å². The molecule has 0 atom stereocenters. The van der Waals surface area contributed by atoms with E-state index in [1.165, 1.54) is 57.9 Å². The molecule has 3 nitrogen and oxygen atoms in total. The second kappa shape index (κ2) is 7.77. The summed E-state index contributed by atoms with van der Waals surface area (Å²) in [6.07, 6.45) is 10.5. The number of ether oxygens (including phenoxy) is 1. The Labute approximate surface area is 125 Å². The minimum Gasteiger partial charge on any atom is -0.381 e. The average molecular weight is 282 g/mol. The maximum absolute atomic E-state index is 6.20. The zero-order chi connectivity index (χ0) is 14.4. The maximum atomic E-state index is 6.20. The van der Waals surface area contributed by atoms with Crippen LogP contribution in [-0.2, 0) is 4.74 Å². The van der Waals surface area contributed by atoms with Crippen molar-refractivity contribution < 1.29 is 4.74 Å². The minimum atomic E-state index is 0.280. The second-order valence-corrected chi connectivity index (χ2v) is 7.10. The van der Waals surface area contributed by atoms with Crippen LogP contribution in [-0.4, -0.2) is 43.8 Å². The molecule has 0 amide bonds. The van der Waals surface area contributed by atoms with Crippen molar-refractivity contribution in [3.05, 3.63) is 0 Å². The summed E-state index contributed by atoms with van der Waals surface area (Å²) in [6, 6.07) is 0. The van der Waals surface area contributed by atoms with E-state index in [1.807, 2.05) is 0 Å². The van der Waals surface area contributed by atoms with Crippen molar-refractivity contribution >= 4 is 0 Å². The molecule has 0 unspecified atom stereocenters. The Morgan fingerprint density at radius 2 is 1.75 bits per heavy atom. The highest BCUT2D eigenvalue weighted by Gasteiger charge is 2.38. The van der Waals surface area contributed by atoms with Gasteiger partial charge in [-0.25, -0.2) is 0 Å². The molecule has 0 aromatic rings. The second-order valence-electron chi connectivity index (χ2n) is 7.10. The van der Waals surface area contributed by atoms with Crippen molar-refractivity contribution in [2.24, 2.45) is 17.6 Å². The molecule has 0 aromatic carbocycles. The highest BCUT2D eigenvalue weighted by molar-refractivity contribution is 4.95. The standard InChI is InChI=1S/C17H34N2O/c1-3-4-15-5-9-17(14-18,10-6-15)19(2)13-16-7-11-20-12-8-16/h15-16H,3-14,18H2,1-2H3. The van der Waals surface area contributed by atoms with Gasteiger partial charge in [0.25, 0.3) is 0 Å². The Kier molecular flexibility index (Phi) is 6.31. The fraction of sp³-hybridized carbons (Fsp3) is 1.00. The van der Waals surface area contributed by atoms with Crippen LogP contribution in [0.3, 0.4) is 0 Å². The Bertz CT molecular complexity index is 268. The first-order valence-corrected chi connectivity index (χ1v) is 8.69. The molecular formula is C17H34N2O. The lowest BCUT2D eigenvalue weighted by molar-refractivity contribution is 0.0157. The first-order chi connectivity index (χ1) is 9.70. The van der Waals surface area contributed by atoms with E-state index in [4.69, 9.17) is 10.5 Å². The molecule has 1 aliphatic carbocycles. The quantitative estimate of drug-likeness (QED) is 0.814. The van der Waals surface area contributed by atoms with Gasteiger partial charge in [-0.2, -0.15) is 0 Å². The van der Waals surface area contributed by atoms with Gasteiger partial charge in [-0.05, 0) is 57.4 Å². The molecular weight excluding hydrogens is 248 g/mol. The average Bonchev–Trinajstić information content (AvgIpc) is 2.49. The molecule has 2 rings (SSSR count). The van der Waals surface area contributed by atoms with E-state index in [-0.39, 0.29) is 5.54 Å². The summed E-state index contributed by atoms with van der Waals surface area (Å²) >= 11 is 0. The summed E-state index contributed by atoms with van der Waals surface area (Å²) in [5.74, 6) is 1.77. The van der Waals surface area contributed by atoms with Gasteiger partial charge in [-0.15, -0.1) is 0 Å². The number of hydrogen-bond donors (Lipinski definition) is 1. The molecule has 3 heteroatoms. The number of hydrogen-bond acceptors (Lipinski definition) is 3. The lowest BCUT2D eigenvalue weighted by Gasteiger charge is -2.47. The van der Waals surface area contributed by atoms with E-state index in [0.717, 1.165) is 31.6 Å². The van der Waals surface area contributed by atoms with Crippen LogP contribution in [0.5, 0.6) is 0 Å². The van der Waals surface area contributed by atoms with Gasteiger partial charge < -0.3 is 10.5 Å². The van der Waals surface area contributed by atoms with E-state index in [0.29, 0.717) is 0 Å². The van der Waals surface area contributed by atoms with Gasteiger partial charge in [0.15, 0.2) is 0 Å². The van der Waals surface area contributed by atoms with Crippen molar-refractivity contribution in [1.29, 1.82) is 0 Å². The molecule has 118 valence electrons. The third-order valence-electron chi connectivity index (χ3n) is 5.80. The van der Waals surface area contributed by atoms with Crippen LogP contribution in [0.2, 0.25) is 0 Å². The molecule has 2 fully saturated rings. The molecule has 2 N–H and O–H groups in total. The summed E-state index contributed by atoms with van der Waals surface area (Å²) in [7, 11) is 2.31. The summed E-state index contributed by atoms with van der Waals surface area (Å²) < 4.78 is 5.48. The number of likely N-dealkylation sites (N-methyl/N-ethyl adjacent to an activating group) is 1. The topological polar surface area (TPSA) is 38.5 Å². The number of rotatable bonds is 6. The summed E-state index contributed by atoms with van der Waals surface area (Å²) in [5.41, 5.74) is 6.48. The first kappa shape index (κ1) is 16.3. The maximum Gasteiger partial charge on any atom is 0.0469 e. The molecule has 20 heavy (non-hydrogen) atoms. The van der Waals surface area contributed by atoms with Crippen LogP contribution in [0.25, 0.3) is 0 Å². The van der Waals surface area contributed by atoms with Crippen molar-refractivity contribution in [2.45, 2.75) is 63.8 Å². The van der Waals surface area contributed by atoms with Gasteiger partial charge in [0, 0.05) is 31.8 Å². The molecule has 0 spiro atoms. The molecule has 1 heterocycles. The van der Waals surface area contributed by atoms with E-state index in [1.54, 1.807) is 0 Å². The van der Waals surface area contributed by atoms with Gasteiger partial charge >= 0.3 is 0 Å². The summed E-state index contributed by atoms with van der Waals surface area (Å²) in [4.78, 5) is 2.60. The molecule has 1 saturated carbocycles. The van der Waals surface area contributed by atoms with Crippen LogP contribution in [0, 0.1) is 11.8 Å². The predicted octanol–water partition coefficient (Wildman–Crippen LogP) is 3.03. The van der Waals surface area contributed by atoms with Crippen LogP contribution < -0.4 is 5.73 Å². The Balaban J connectivity index is 1.86. The van der Waals surface area contributed by atoms with E-state index >= 15 is 0 Å². The third kappa shape index (κ3) is 3.96. The van der Waals surface area contributed by atoms with Crippen molar-refractivity contribution in [3.63, 3.8) is 0 Å². The highest BCUT2D eigenvalue weighted by Crippen LogP contribution is 2.37. The molecule has 1 saturated heterocycles. The summed E-state index contributed by atoms with van der Waals surface area (Å²) in [6.45, 7) is 6.24. The van der Waals surface area contributed by atoms with Crippen LogP contribution >= 0.6 is 0 Å². The van der Waals surface area contributed by atoms with Crippen LogP contribution in [0.15, 0.2) is 0 Å². The van der Waals surface area contributed by atoms with Gasteiger partial charge in [-0.3, -0.25) is 4.90 Å². The van der Waals surface area contributed by atoms with Crippen LogP contribution in [0.4, 0.5) is 0 Å². The largest absolute Gasteiger partial charge is 0.381 e. The lowest BCUT2D eigenvalue weighted by atomic mass is 9.74. The van der Waals surface area contributed by atoms with Gasteiger partial charge in [0.2, 0.25) is 0 Å². The molecule has 1 aliphatic heterocycles. The van der Waals surface area contributed by atoms with Crippen molar-refractivity contribution in [1.82, 2.24) is 4.90 Å². The Morgan fingerprint density at radius 3 is 2.30 bits per heavy atom. The van der Waals surface area contributed by atoms with E-state index < -0.39 is 0 Å². The first-order valence-electron chi connectivity index (χ1n) is 8.69. The van der Waals surface area contributed by atoms with Crippen molar-refractivity contribution in [3.8, 4) is 0 Å². The molecule has 0 radical (unpaired) electrons. The fourth-order valence-electron chi connectivity index (χ4n) is 4.16. The van der Waals surface area contributed by atoms with E-state index in [9.17, 15) is 0 Å². The van der Waals surface area contributed by atoms with Crippen molar-refractivity contribution in [2.75, 3.05) is 33.4 Å². The predicted molar refractivity (Wildman–Crippen MR) is 84.8 cm³/mol.